The Hall–Kier alpha value is -2.05. The van der Waals surface area contributed by atoms with Crippen molar-refractivity contribution in [3.8, 4) is 0 Å². The van der Waals surface area contributed by atoms with Crippen molar-refractivity contribution in [2.24, 2.45) is 0 Å². The third kappa shape index (κ3) is 6.21. The maximum Gasteiger partial charge on any atom is 0.315 e. The molecule has 0 radical (unpaired) electrons. The molecule has 162 valence electrons. The Kier molecular flexibility index (Phi) is 7.95. The summed E-state index contributed by atoms with van der Waals surface area (Å²) in [5, 5.41) is 9.67. The second kappa shape index (κ2) is 10.6. The van der Waals surface area contributed by atoms with Crippen LogP contribution in [0.5, 0.6) is 0 Å². The normalized spacial score (nSPS) is 21.2. The molecule has 2 amide bonds. The third-order valence-corrected chi connectivity index (χ3v) is 6.05. The van der Waals surface area contributed by atoms with Crippen molar-refractivity contribution < 1.29 is 4.79 Å². The number of aromatic nitrogens is 2. The highest BCUT2D eigenvalue weighted by molar-refractivity contribution is 5.74. The van der Waals surface area contributed by atoms with E-state index in [0.29, 0.717) is 6.04 Å². The Labute approximate surface area is 175 Å². The van der Waals surface area contributed by atoms with E-state index in [-0.39, 0.29) is 12.1 Å². The van der Waals surface area contributed by atoms with Gasteiger partial charge in [-0.15, -0.1) is 0 Å². The van der Waals surface area contributed by atoms with E-state index in [1.165, 1.54) is 30.5 Å². The molecule has 0 spiro atoms. The summed E-state index contributed by atoms with van der Waals surface area (Å²) in [6, 6.07) is 0.615. The van der Waals surface area contributed by atoms with Crippen LogP contribution in [0.15, 0.2) is 0 Å². The van der Waals surface area contributed by atoms with Crippen LogP contribution < -0.4 is 20.9 Å². The highest BCUT2D eigenvalue weighted by Gasteiger charge is 2.24. The number of hydrogen-bond acceptors (Lipinski definition) is 5. The lowest BCUT2D eigenvalue weighted by atomic mass is 9.91. The van der Waals surface area contributed by atoms with E-state index in [9.17, 15) is 4.79 Å². The van der Waals surface area contributed by atoms with E-state index in [0.717, 1.165) is 69.7 Å². The van der Waals surface area contributed by atoms with Gasteiger partial charge in [0.2, 0.25) is 5.95 Å². The van der Waals surface area contributed by atoms with Gasteiger partial charge in [0.25, 0.3) is 0 Å². The van der Waals surface area contributed by atoms with Gasteiger partial charge < -0.3 is 20.9 Å². The number of nitrogens with one attached hydrogen (secondary N) is 3. The van der Waals surface area contributed by atoms with Gasteiger partial charge in [0.1, 0.15) is 5.82 Å². The van der Waals surface area contributed by atoms with E-state index < -0.39 is 0 Å². The topological polar surface area (TPSA) is 82.2 Å². The predicted molar refractivity (Wildman–Crippen MR) is 119 cm³/mol. The van der Waals surface area contributed by atoms with Gasteiger partial charge in [0.05, 0.1) is 5.69 Å². The quantitative estimate of drug-likeness (QED) is 0.579. The van der Waals surface area contributed by atoms with Crippen molar-refractivity contribution in [3.05, 3.63) is 11.3 Å². The fourth-order valence-electron chi connectivity index (χ4n) is 4.39. The standard InChI is InChI=1S/C22H38N6O/c1-4-5-8-15-23-22(29)25-17-13-11-16(12-14-17)24-21-26-19-10-7-6-9-18(19)20(27-21)28(2)3/h16-17H,4-15H2,1-3H3,(H2,23,25,29)(H,24,26,27)/t16-,17+. The Bertz CT molecular complexity index is 670. The van der Waals surface area contributed by atoms with Gasteiger partial charge in [-0.05, 0) is 57.8 Å². The average Bonchev–Trinajstić information content (AvgIpc) is 2.72. The van der Waals surface area contributed by atoms with Crippen molar-refractivity contribution in [3.63, 3.8) is 0 Å². The van der Waals surface area contributed by atoms with E-state index >= 15 is 0 Å². The first-order valence-corrected chi connectivity index (χ1v) is 11.4. The molecular weight excluding hydrogens is 364 g/mol. The predicted octanol–water partition coefficient (Wildman–Crippen LogP) is 3.63. The van der Waals surface area contributed by atoms with Gasteiger partial charge in [-0.1, -0.05) is 19.8 Å². The summed E-state index contributed by atoms with van der Waals surface area (Å²) in [5.41, 5.74) is 2.54. The van der Waals surface area contributed by atoms with Gasteiger partial charge in [0, 0.05) is 38.3 Å². The van der Waals surface area contributed by atoms with Crippen LogP contribution >= 0.6 is 0 Å². The number of urea groups is 1. The van der Waals surface area contributed by atoms with Gasteiger partial charge >= 0.3 is 6.03 Å². The fourth-order valence-corrected chi connectivity index (χ4v) is 4.39. The molecule has 7 heteroatoms. The number of hydrogen-bond donors (Lipinski definition) is 3. The lowest BCUT2D eigenvalue weighted by molar-refractivity contribution is 0.231. The smallest absolute Gasteiger partial charge is 0.315 e. The van der Waals surface area contributed by atoms with Crippen LogP contribution in [0, 0.1) is 0 Å². The summed E-state index contributed by atoms with van der Waals surface area (Å²) in [4.78, 5) is 23.8. The van der Waals surface area contributed by atoms with Crippen LogP contribution in [0.3, 0.4) is 0 Å². The summed E-state index contributed by atoms with van der Waals surface area (Å²) in [6.45, 7) is 2.93. The zero-order chi connectivity index (χ0) is 20.6. The molecule has 1 fully saturated rings. The molecule has 2 aliphatic carbocycles. The Morgan fingerprint density at radius 3 is 2.48 bits per heavy atom. The van der Waals surface area contributed by atoms with Crippen molar-refractivity contribution in [1.82, 2.24) is 20.6 Å². The molecule has 0 atom stereocenters. The minimum Gasteiger partial charge on any atom is -0.362 e. The third-order valence-electron chi connectivity index (χ3n) is 6.05. The van der Waals surface area contributed by atoms with Crippen molar-refractivity contribution in [1.29, 1.82) is 0 Å². The first-order chi connectivity index (χ1) is 14.1. The average molecular weight is 403 g/mol. The minimum absolute atomic E-state index is 0.0221. The molecular formula is C22H38N6O. The van der Waals surface area contributed by atoms with Crippen LogP contribution in [-0.4, -0.2) is 48.7 Å². The minimum atomic E-state index is -0.0221. The van der Waals surface area contributed by atoms with Crippen molar-refractivity contribution >= 4 is 17.8 Å². The number of carbonyl (C=O) groups excluding carboxylic acids is 1. The highest BCUT2D eigenvalue weighted by atomic mass is 16.2. The number of rotatable bonds is 8. The number of fused-ring (bicyclic) bond motifs is 1. The Morgan fingerprint density at radius 2 is 1.76 bits per heavy atom. The molecule has 0 unspecified atom stereocenters. The van der Waals surface area contributed by atoms with Gasteiger partial charge in [-0.25, -0.2) is 9.78 Å². The highest BCUT2D eigenvalue weighted by Crippen LogP contribution is 2.29. The molecule has 1 aromatic rings. The number of amides is 2. The van der Waals surface area contributed by atoms with E-state index in [1.54, 1.807) is 0 Å². The largest absolute Gasteiger partial charge is 0.362 e. The molecule has 1 aromatic heterocycles. The number of nitrogens with zero attached hydrogens (tertiary/aromatic N) is 3. The number of anilines is 2. The van der Waals surface area contributed by atoms with Crippen LogP contribution in [0.4, 0.5) is 16.6 Å². The van der Waals surface area contributed by atoms with E-state index in [4.69, 9.17) is 9.97 Å². The SMILES string of the molecule is CCCCCNC(=O)N[C@H]1CC[C@@H](Nc2nc3c(c(N(C)C)n2)CCCC3)CC1. The summed E-state index contributed by atoms with van der Waals surface area (Å²) in [7, 11) is 4.12. The second-order valence-electron chi connectivity index (χ2n) is 8.70. The van der Waals surface area contributed by atoms with E-state index in [2.05, 4.69) is 41.9 Å². The number of carbonyl (C=O) groups is 1. The maximum atomic E-state index is 12.0. The van der Waals surface area contributed by atoms with Crippen LogP contribution in [0.1, 0.15) is 76.0 Å². The maximum absolute atomic E-state index is 12.0. The zero-order valence-corrected chi connectivity index (χ0v) is 18.4. The molecule has 29 heavy (non-hydrogen) atoms. The summed E-state index contributed by atoms with van der Waals surface area (Å²) >= 11 is 0. The zero-order valence-electron chi connectivity index (χ0n) is 18.4. The molecule has 0 aromatic carbocycles. The van der Waals surface area contributed by atoms with Crippen LogP contribution in [-0.2, 0) is 12.8 Å². The van der Waals surface area contributed by atoms with Gasteiger partial charge in [-0.2, -0.15) is 4.98 Å². The Balaban J connectivity index is 1.48. The van der Waals surface area contributed by atoms with Gasteiger partial charge in [-0.3, -0.25) is 0 Å². The molecule has 1 saturated carbocycles. The molecule has 1 heterocycles. The summed E-state index contributed by atoms with van der Waals surface area (Å²) < 4.78 is 0. The number of unbranched alkanes of at least 4 members (excludes halogenated alkanes) is 2. The van der Waals surface area contributed by atoms with Crippen molar-refractivity contribution in [2.75, 3.05) is 30.9 Å². The van der Waals surface area contributed by atoms with Crippen LogP contribution in [0.25, 0.3) is 0 Å². The van der Waals surface area contributed by atoms with Gasteiger partial charge in [0.15, 0.2) is 0 Å². The first kappa shape index (κ1) is 21.7. The molecule has 0 aliphatic heterocycles. The Morgan fingerprint density at radius 1 is 1.03 bits per heavy atom. The summed E-state index contributed by atoms with van der Waals surface area (Å²) in [5.74, 6) is 1.83. The number of aryl methyl sites for hydroxylation is 1. The lowest BCUT2D eigenvalue weighted by Crippen LogP contribution is -2.45. The van der Waals surface area contributed by atoms with Crippen molar-refractivity contribution in [2.45, 2.75) is 89.6 Å². The first-order valence-electron chi connectivity index (χ1n) is 11.4. The second-order valence-corrected chi connectivity index (χ2v) is 8.70. The molecule has 7 nitrogen and oxygen atoms in total. The van der Waals surface area contributed by atoms with Crippen LogP contribution in [0.2, 0.25) is 0 Å². The molecule has 3 N–H and O–H groups in total. The fraction of sp³-hybridized carbons (Fsp3) is 0.773. The molecule has 0 bridgehead atoms. The molecule has 3 rings (SSSR count). The van der Waals surface area contributed by atoms with E-state index in [1.807, 2.05) is 0 Å². The monoisotopic (exact) mass is 402 g/mol. The summed E-state index contributed by atoms with van der Waals surface area (Å²) in [6.07, 6.45) is 12.0. The lowest BCUT2D eigenvalue weighted by Gasteiger charge is -2.30. The molecule has 2 aliphatic rings. The molecule has 0 saturated heterocycles.